The number of hydrogen-bond donors (Lipinski definition) is 0. The normalized spacial score (nSPS) is 24.6. The third-order valence-corrected chi connectivity index (χ3v) is 5.37. The van der Waals surface area contributed by atoms with Crippen LogP contribution in [0.1, 0.15) is 6.92 Å². The summed E-state index contributed by atoms with van der Waals surface area (Å²) in [7, 11) is -0.721. The number of rotatable bonds is 3. The topological polar surface area (TPSA) is 81.5 Å². The highest BCUT2D eigenvalue weighted by atomic mass is 32.2. The maximum atomic E-state index is 12.4. The van der Waals surface area contributed by atoms with Crippen LogP contribution in [0.15, 0.2) is 17.3 Å². The van der Waals surface area contributed by atoms with Crippen LogP contribution in [-0.2, 0) is 26.6 Å². The van der Waals surface area contributed by atoms with E-state index in [2.05, 4.69) is 5.10 Å². The monoisotopic (exact) mass is 287 g/mol. The molecule has 0 aliphatic carbocycles. The maximum absolute atomic E-state index is 12.4. The fraction of sp³-hybridized carbons (Fsp3) is 0.636. The molecular formula is C11H17N3O4S. The first-order valence-electron chi connectivity index (χ1n) is 5.94. The van der Waals surface area contributed by atoms with E-state index in [1.54, 1.807) is 7.05 Å². The van der Waals surface area contributed by atoms with Gasteiger partial charge in [0.1, 0.15) is 0 Å². The van der Waals surface area contributed by atoms with Gasteiger partial charge in [0.05, 0.1) is 19.2 Å². The van der Waals surface area contributed by atoms with Crippen molar-refractivity contribution in [3.8, 4) is 0 Å². The number of aromatic nitrogens is 2. The van der Waals surface area contributed by atoms with E-state index in [-0.39, 0.29) is 23.5 Å². The second-order valence-corrected chi connectivity index (χ2v) is 6.61. The van der Waals surface area contributed by atoms with Gasteiger partial charge in [-0.05, 0) is 12.0 Å². The number of esters is 1. The molecule has 1 aromatic rings. The van der Waals surface area contributed by atoms with Crippen molar-refractivity contribution in [2.75, 3.05) is 20.2 Å². The minimum absolute atomic E-state index is 0.0598. The Morgan fingerprint density at radius 2 is 2.16 bits per heavy atom. The highest BCUT2D eigenvalue weighted by Gasteiger charge is 2.42. The third-order valence-electron chi connectivity index (χ3n) is 3.46. The number of ether oxygens (including phenoxy) is 1. The molecule has 0 bridgehead atoms. The van der Waals surface area contributed by atoms with Crippen LogP contribution in [0.5, 0.6) is 0 Å². The molecule has 1 aliphatic heterocycles. The summed E-state index contributed by atoms with van der Waals surface area (Å²) in [6.45, 7) is 2.31. The second kappa shape index (κ2) is 4.93. The number of carbonyl (C=O) groups is 1. The Morgan fingerprint density at radius 3 is 2.68 bits per heavy atom. The quantitative estimate of drug-likeness (QED) is 0.722. The molecule has 1 fully saturated rings. The summed E-state index contributed by atoms with van der Waals surface area (Å²) in [4.78, 5) is 11.6. The second-order valence-electron chi connectivity index (χ2n) is 4.72. The zero-order chi connectivity index (χ0) is 14.2. The largest absolute Gasteiger partial charge is 0.469 e. The molecule has 0 radical (unpaired) electrons. The predicted molar refractivity (Wildman–Crippen MR) is 66.6 cm³/mol. The minimum atomic E-state index is -3.61. The van der Waals surface area contributed by atoms with Gasteiger partial charge in [0, 0.05) is 20.1 Å². The molecule has 0 aromatic carbocycles. The van der Waals surface area contributed by atoms with E-state index in [0.717, 1.165) is 0 Å². The van der Waals surface area contributed by atoms with Crippen LogP contribution in [0.2, 0.25) is 0 Å². The average molecular weight is 287 g/mol. The standard InChI is InChI=1S/C11H17N3O4S/c1-8-6-14(7-9(8)11(15)18-3)19(16,17)10-4-5-12-13(10)2/h4-5,8-9H,6-7H2,1-3H3. The predicted octanol–water partition coefficient (Wildman–Crippen LogP) is -0.150. The Bertz CT molecular complexity index is 581. The van der Waals surface area contributed by atoms with E-state index in [4.69, 9.17) is 4.74 Å². The molecule has 19 heavy (non-hydrogen) atoms. The van der Waals surface area contributed by atoms with Crippen molar-refractivity contribution in [3.63, 3.8) is 0 Å². The van der Waals surface area contributed by atoms with Gasteiger partial charge in [-0.2, -0.15) is 9.40 Å². The number of sulfonamides is 1. The van der Waals surface area contributed by atoms with Gasteiger partial charge in [0.15, 0.2) is 5.03 Å². The lowest BCUT2D eigenvalue weighted by Gasteiger charge is -2.15. The van der Waals surface area contributed by atoms with Crippen LogP contribution in [0, 0.1) is 11.8 Å². The van der Waals surface area contributed by atoms with Crippen LogP contribution in [-0.4, -0.2) is 48.7 Å². The lowest BCUT2D eigenvalue weighted by molar-refractivity contribution is -0.145. The van der Waals surface area contributed by atoms with E-state index >= 15 is 0 Å². The summed E-state index contributed by atoms with van der Waals surface area (Å²) in [5.74, 6) is -0.835. The molecule has 1 saturated heterocycles. The lowest BCUT2D eigenvalue weighted by atomic mass is 9.99. The summed E-state index contributed by atoms with van der Waals surface area (Å²) < 4.78 is 32.2. The van der Waals surface area contributed by atoms with Crippen molar-refractivity contribution >= 4 is 16.0 Å². The molecule has 8 heteroatoms. The van der Waals surface area contributed by atoms with Crippen LogP contribution in [0.4, 0.5) is 0 Å². The van der Waals surface area contributed by atoms with Crippen molar-refractivity contribution in [2.24, 2.45) is 18.9 Å². The Kier molecular flexibility index (Phi) is 3.64. The molecule has 2 rings (SSSR count). The van der Waals surface area contributed by atoms with Crippen molar-refractivity contribution in [2.45, 2.75) is 11.9 Å². The van der Waals surface area contributed by atoms with E-state index in [1.165, 1.54) is 28.4 Å². The fourth-order valence-electron chi connectivity index (χ4n) is 2.32. The van der Waals surface area contributed by atoms with E-state index in [9.17, 15) is 13.2 Å². The van der Waals surface area contributed by atoms with E-state index in [0.29, 0.717) is 6.54 Å². The minimum Gasteiger partial charge on any atom is -0.469 e. The van der Waals surface area contributed by atoms with Crippen molar-refractivity contribution in [1.29, 1.82) is 0 Å². The first kappa shape index (κ1) is 14.0. The van der Waals surface area contributed by atoms with Gasteiger partial charge in [-0.25, -0.2) is 8.42 Å². The van der Waals surface area contributed by atoms with Gasteiger partial charge in [-0.1, -0.05) is 6.92 Å². The van der Waals surface area contributed by atoms with Crippen LogP contribution < -0.4 is 0 Å². The summed E-state index contributed by atoms with van der Waals surface area (Å²) >= 11 is 0. The molecule has 1 aromatic heterocycles. The van der Waals surface area contributed by atoms with Gasteiger partial charge in [-0.15, -0.1) is 0 Å². The van der Waals surface area contributed by atoms with Crippen LogP contribution in [0.3, 0.4) is 0 Å². The molecule has 0 spiro atoms. The zero-order valence-electron chi connectivity index (χ0n) is 11.1. The van der Waals surface area contributed by atoms with Gasteiger partial charge in [0.25, 0.3) is 10.0 Å². The average Bonchev–Trinajstić information content (AvgIpc) is 2.95. The SMILES string of the molecule is COC(=O)C1CN(S(=O)(=O)c2ccnn2C)CC1C. The van der Waals surface area contributed by atoms with Gasteiger partial charge in [-0.3, -0.25) is 9.48 Å². The molecule has 2 heterocycles. The zero-order valence-corrected chi connectivity index (χ0v) is 11.9. The number of methoxy groups -OCH3 is 1. The molecule has 0 amide bonds. The first-order chi connectivity index (χ1) is 8.87. The summed E-state index contributed by atoms with van der Waals surface area (Å²) in [6.07, 6.45) is 1.43. The molecule has 106 valence electrons. The molecular weight excluding hydrogens is 270 g/mol. The van der Waals surface area contributed by atoms with Crippen LogP contribution >= 0.6 is 0 Å². The molecule has 2 atom stereocenters. The van der Waals surface area contributed by atoms with Crippen molar-refractivity contribution in [1.82, 2.24) is 14.1 Å². The molecule has 0 saturated carbocycles. The Labute approximate surface area is 112 Å². The maximum Gasteiger partial charge on any atom is 0.310 e. The van der Waals surface area contributed by atoms with Crippen LogP contribution in [0.25, 0.3) is 0 Å². The number of hydrogen-bond acceptors (Lipinski definition) is 5. The molecule has 1 aliphatic rings. The fourth-order valence-corrected chi connectivity index (χ4v) is 3.99. The summed E-state index contributed by atoms with van der Waals surface area (Å²) in [5.41, 5.74) is 0. The van der Waals surface area contributed by atoms with Gasteiger partial charge >= 0.3 is 5.97 Å². The third kappa shape index (κ3) is 2.37. The smallest absolute Gasteiger partial charge is 0.310 e. The summed E-state index contributed by atoms with van der Waals surface area (Å²) in [6, 6.07) is 1.45. The van der Waals surface area contributed by atoms with Crippen molar-refractivity contribution in [3.05, 3.63) is 12.3 Å². The lowest BCUT2D eigenvalue weighted by Crippen LogP contribution is -2.31. The highest BCUT2D eigenvalue weighted by Crippen LogP contribution is 2.28. The Morgan fingerprint density at radius 1 is 1.47 bits per heavy atom. The highest BCUT2D eigenvalue weighted by molar-refractivity contribution is 7.89. The summed E-state index contributed by atoms with van der Waals surface area (Å²) in [5, 5.41) is 3.99. The van der Waals surface area contributed by atoms with E-state index in [1.807, 2.05) is 6.92 Å². The van der Waals surface area contributed by atoms with Gasteiger partial charge in [0.2, 0.25) is 0 Å². The number of carbonyl (C=O) groups excluding carboxylic acids is 1. The Balaban J connectivity index is 2.25. The van der Waals surface area contributed by atoms with E-state index < -0.39 is 15.9 Å². The van der Waals surface area contributed by atoms with Gasteiger partial charge < -0.3 is 4.74 Å². The Hall–Kier alpha value is -1.41. The number of nitrogens with zero attached hydrogens (tertiary/aromatic N) is 3. The first-order valence-corrected chi connectivity index (χ1v) is 7.38. The number of aryl methyl sites for hydroxylation is 1. The molecule has 2 unspecified atom stereocenters. The molecule has 7 nitrogen and oxygen atoms in total. The van der Waals surface area contributed by atoms with Crippen molar-refractivity contribution < 1.29 is 17.9 Å². The molecule has 0 N–H and O–H groups in total.